The van der Waals surface area contributed by atoms with Crippen molar-refractivity contribution >= 4 is 0 Å². The highest BCUT2D eigenvalue weighted by Gasteiger charge is 1.97. The number of benzene rings is 1. The average Bonchev–Trinajstić information content (AvgIpc) is 2.44. The molecule has 0 saturated carbocycles. The number of unbranched alkanes of at least 4 members (excludes halogenated alkanes) is 5. The third-order valence-corrected chi connectivity index (χ3v) is 3.91. The second-order valence-corrected chi connectivity index (χ2v) is 6.24. The highest BCUT2D eigenvalue weighted by molar-refractivity contribution is 5.22. The first-order valence-corrected chi connectivity index (χ1v) is 8.45. The lowest BCUT2D eigenvalue weighted by atomic mass is 10.0. The highest BCUT2D eigenvalue weighted by atomic mass is 15.0. The van der Waals surface area contributed by atoms with E-state index in [0.29, 0.717) is 0 Å². The van der Waals surface area contributed by atoms with Crippen molar-refractivity contribution in [3.63, 3.8) is 0 Å². The van der Waals surface area contributed by atoms with Crippen molar-refractivity contribution in [2.75, 3.05) is 20.6 Å². The van der Waals surface area contributed by atoms with Crippen molar-refractivity contribution < 1.29 is 0 Å². The Hall–Kier alpha value is -0.820. The summed E-state index contributed by atoms with van der Waals surface area (Å²) in [5.74, 6) is 0. The molecule has 0 amide bonds. The second kappa shape index (κ2) is 10.9. The van der Waals surface area contributed by atoms with Gasteiger partial charge < -0.3 is 4.90 Å². The standard InChI is InChI=1S/C19H33N/c1-4-5-6-7-8-9-11-18-13-15-19(16-14-18)12-10-17-20(2)3/h13-16H,4-12,17H2,1-3H3. The van der Waals surface area contributed by atoms with Gasteiger partial charge in [0.1, 0.15) is 0 Å². The third-order valence-electron chi connectivity index (χ3n) is 3.91. The Balaban J connectivity index is 2.15. The van der Waals surface area contributed by atoms with Gasteiger partial charge in [-0.3, -0.25) is 0 Å². The minimum Gasteiger partial charge on any atom is -0.309 e. The molecule has 0 unspecified atom stereocenters. The zero-order valence-electron chi connectivity index (χ0n) is 13.8. The van der Waals surface area contributed by atoms with E-state index >= 15 is 0 Å². The molecule has 0 bridgehead atoms. The molecule has 0 aliphatic rings. The highest BCUT2D eigenvalue weighted by Crippen LogP contribution is 2.12. The fourth-order valence-electron chi connectivity index (χ4n) is 2.58. The largest absolute Gasteiger partial charge is 0.309 e. The van der Waals surface area contributed by atoms with Crippen LogP contribution in [0.4, 0.5) is 0 Å². The molecule has 0 aromatic heterocycles. The van der Waals surface area contributed by atoms with E-state index in [1.54, 1.807) is 0 Å². The summed E-state index contributed by atoms with van der Waals surface area (Å²) in [5, 5.41) is 0. The SMILES string of the molecule is CCCCCCCCc1ccc(CCCN(C)C)cc1. The van der Waals surface area contributed by atoms with Crippen LogP contribution in [0.25, 0.3) is 0 Å². The molecule has 0 radical (unpaired) electrons. The van der Waals surface area contributed by atoms with Crippen LogP contribution in [-0.2, 0) is 12.8 Å². The number of aryl methyl sites for hydroxylation is 2. The summed E-state index contributed by atoms with van der Waals surface area (Å²) in [6.45, 7) is 3.46. The Kier molecular flexibility index (Phi) is 9.40. The number of hydrogen-bond acceptors (Lipinski definition) is 1. The van der Waals surface area contributed by atoms with Crippen molar-refractivity contribution in [2.45, 2.75) is 64.7 Å². The fraction of sp³-hybridized carbons (Fsp3) is 0.684. The molecule has 0 aliphatic heterocycles. The van der Waals surface area contributed by atoms with E-state index in [-0.39, 0.29) is 0 Å². The van der Waals surface area contributed by atoms with E-state index < -0.39 is 0 Å². The van der Waals surface area contributed by atoms with E-state index in [4.69, 9.17) is 0 Å². The summed E-state index contributed by atoms with van der Waals surface area (Å²) in [6, 6.07) is 9.30. The van der Waals surface area contributed by atoms with Crippen molar-refractivity contribution in [1.29, 1.82) is 0 Å². The quantitative estimate of drug-likeness (QED) is 0.509. The van der Waals surface area contributed by atoms with Gasteiger partial charge in [0.05, 0.1) is 0 Å². The first-order chi connectivity index (χ1) is 9.72. The van der Waals surface area contributed by atoms with Gasteiger partial charge >= 0.3 is 0 Å². The first-order valence-electron chi connectivity index (χ1n) is 8.45. The Morgan fingerprint density at radius 1 is 0.700 bits per heavy atom. The number of rotatable bonds is 11. The van der Waals surface area contributed by atoms with E-state index in [0.717, 1.165) is 0 Å². The number of hydrogen-bond donors (Lipinski definition) is 0. The summed E-state index contributed by atoms with van der Waals surface area (Å²) >= 11 is 0. The molecule has 1 rings (SSSR count). The third kappa shape index (κ3) is 8.37. The van der Waals surface area contributed by atoms with Gasteiger partial charge in [-0.1, -0.05) is 63.3 Å². The van der Waals surface area contributed by atoms with Crippen LogP contribution in [0, 0.1) is 0 Å². The van der Waals surface area contributed by atoms with E-state index in [1.807, 2.05) is 0 Å². The molecule has 20 heavy (non-hydrogen) atoms. The molecule has 0 aliphatic carbocycles. The molecule has 0 spiro atoms. The van der Waals surface area contributed by atoms with Gasteiger partial charge in [0.15, 0.2) is 0 Å². The van der Waals surface area contributed by atoms with Gasteiger partial charge in [-0.05, 0) is 57.5 Å². The maximum absolute atomic E-state index is 2.33. The number of nitrogens with zero attached hydrogens (tertiary/aromatic N) is 1. The smallest absolute Gasteiger partial charge is 0.00217 e. The van der Waals surface area contributed by atoms with Crippen LogP contribution in [0.2, 0.25) is 0 Å². The summed E-state index contributed by atoms with van der Waals surface area (Å²) in [6.07, 6.45) is 12.0. The molecule has 114 valence electrons. The van der Waals surface area contributed by atoms with Crippen LogP contribution in [0.1, 0.15) is 63.0 Å². The molecular weight excluding hydrogens is 242 g/mol. The lowest BCUT2D eigenvalue weighted by Gasteiger charge is -2.09. The van der Waals surface area contributed by atoms with Crippen molar-refractivity contribution in [3.05, 3.63) is 35.4 Å². The van der Waals surface area contributed by atoms with Gasteiger partial charge in [0.25, 0.3) is 0 Å². The predicted octanol–water partition coefficient (Wildman–Crippen LogP) is 5.08. The summed E-state index contributed by atoms with van der Waals surface area (Å²) < 4.78 is 0. The lowest BCUT2D eigenvalue weighted by Crippen LogP contribution is -2.13. The molecular formula is C19H33N. The van der Waals surface area contributed by atoms with E-state index in [2.05, 4.69) is 50.2 Å². The molecule has 0 heterocycles. The molecule has 1 aromatic rings. The molecule has 1 heteroatoms. The monoisotopic (exact) mass is 275 g/mol. The van der Waals surface area contributed by atoms with Gasteiger partial charge in [0.2, 0.25) is 0 Å². The summed E-state index contributed by atoms with van der Waals surface area (Å²) in [5.41, 5.74) is 3.00. The zero-order valence-corrected chi connectivity index (χ0v) is 13.8. The predicted molar refractivity (Wildman–Crippen MR) is 90.4 cm³/mol. The first kappa shape index (κ1) is 17.2. The van der Waals surface area contributed by atoms with Crippen LogP contribution in [-0.4, -0.2) is 25.5 Å². The van der Waals surface area contributed by atoms with Crippen molar-refractivity contribution in [3.8, 4) is 0 Å². The minimum absolute atomic E-state index is 1.18. The topological polar surface area (TPSA) is 3.24 Å². The van der Waals surface area contributed by atoms with Gasteiger partial charge in [-0.15, -0.1) is 0 Å². The van der Waals surface area contributed by atoms with Crippen LogP contribution < -0.4 is 0 Å². The zero-order chi connectivity index (χ0) is 14.6. The Bertz CT molecular complexity index is 326. The van der Waals surface area contributed by atoms with Gasteiger partial charge in [-0.2, -0.15) is 0 Å². The maximum atomic E-state index is 2.33. The van der Waals surface area contributed by atoms with E-state index in [1.165, 1.54) is 75.5 Å². The molecule has 0 fully saturated rings. The molecule has 0 atom stereocenters. The Morgan fingerprint density at radius 2 is 1.20 bits per heavy atom. The van der Waals surface area contributed by atoms with Crippen molar-refractivity contribution in [1.82, 2.24) is 4.90 Å². The molecule has 0 N–H and O–H groups in total. The van der Waals surface area contributed by atoms with Crippen LogP contribution in [0.3, 0.4) is 0 Å². The van der Waals surface area contributed by atoms with Crippen LogP contribution >= 0.6 is 0 Å². The average molecular weight is 275 g/mol. The second-order valence-electron chi connectivity index (χ2n) is 6.24. The Morgan fingerprint density at radius 3 is 1.75 bits per heavy atom. The normalized spacial score (nSPS) is 11.2. The van der Waals surface area contributed by atoms with Crippen LogP contribution in [0.5, 0.6) is 0 Å². The Labute approximate surface area is 126 Å². The summed E-state index contributed by atoms with van der Waals surface area (Å²) in [7, 11) is 4.28. The van der Waals surface area contributed by atoms with Crippen molar-refractivity contribution in [2.24, 2.45) is 0 Å². The minimum atomic E-state index is 1.18. The summed E-state index contributed by atoms with van der Waals surface area (Å²) in [4.78, 5) is 2.26. The fourth-order valence-corrected chi connectivity index (χ4v) is 2.58. The maximum Gasteiger partial charge on any atom is -0.00217 e. The molecule has 0 saturated heterocycles. The lowest BCUT2D eigenvalue weighted by molar-refractivity contribution is 0.400. The van der Waals surface area contributed by atoms with E-state index in [9.17, 15) is 0 Å². The molecule has 1 aromatic carbocycles. The molecule has 1 nitrogen and oxygen atoms in total. The van der Waals surface area contributed by atoms with Gasteiger partial charge in [-0.25, -0.2) is 0 Å². The van der Waals surface area contributed by atoms with Crippen LogP contribution in [0.15, 0.2) is 24.3 Å². The van der Waals surface area contributed by atoms with Gasteiger partial charge in [0, 0.05) is 0 Å².